The maximum absolute atomic E-state index is 12.4. The summed E-state index contributed by atoms with van der Waals surface area (Å²) in [5.41, 5.74) is -0.429. The highest BCUT2D eigenvalue weighted by Gasteiger charge is 2.42. The standard InChI is InChI=1S/C10H19F3N2/c1-9(2,3)15(7-10(11,12)13)8-5-14(4)6-8/h8H,5-7H2,1-4H3. The Morgan fingerprint density at radius 3 is 1.93 bits per heavy atom. The summed E-state index contributed by atoms with van der Waals surface area (Å²) in [5.74, 6) is 0. The topological polar surface area (TPSA) is 6.48 Å². The van der Waals surface area contributed by atoms with Crippen molar-refractivity contribution in [1.29, 1.82) is 0 Å². The molecule has 1 aliphatic heterocycles. The molecule has 0 amide bonds. The maximum atomic E-state index is 12.4. The van der Waals surface area contributed by atoms with E-state index in [1.807, 2.05) is 32.7 Å². The second-order valence-corrected chi connectivity index (χ2v) is 5.29. The molecule has 0 aromatic carbocycles. The van der Waals surface area contributed by atoms with E-state index >= 15 is 0 Å². The third kappa shape index (κ3) is 3.65. The molecule has 0 unspecified atom stereocenters. The quantitative estimate of drug-likeness (QED) is 0.707. The Balaban J connectivity index is 2.63. The molecule has 0 aromatic rings. The van der Waals surface area contributed by atoms with E-state index in [-0.39, 0.29) is 6.04 Å². The first-order valence-electron chi connectivity index (χ1n) is 5.11. The van der Waals surface area contributed by atoms with Crippen molar-refractivity contribution in [3.8, 4) is 0 Å². The zero-order valence-corrected chi connectivity index (χ0v) is 9.73. The highest BCUT2D eigenvalue weighted by atomic mass is 19.4. The SMILES string of the molecule is CN1CC(N(CC(F)(F)F)C(C)(C)C)C1. The molecule has 90 valence electrons. The van der Waals surface area contributed by atoms with Crippen molar-refractivity contribution in [3.63, 3.8) is 0 Å². The lowest BCUT2D eigenvalue weighted by Crippen LogP contribution is -2.64. The molecule has 1 heterocycles. The van der Waals surface area contributed by atoms with Crippen molar-refractivity contribution in [1.82, 2.24) is 9.80 Å². The van der Waals surface area contributed by atoms with Gasteiger partial charge in [-0.1, -0.05) is 0 Å². The van der Waals surface area contributed by atoms with Crippen LogP contribution in [-0.2, 0) is 0 Å². The van der Waals surface area contributed by atoms with Crippen LogP contribution in [0.5, 0.6) is 0 Å². The monoisotopic (exact) mass is 224 g/mol. The molecule has 1 fully saturated rings. The number of alkyl halides is 3. The first-order chi connectivity index (χ1) is 6.59. The lowest BCUT2D eigenvalue weighted by Gasteiger charge is -2.49. The molecule has 1 rings (SSSR count). The minimum atomic E-state index is -4.11. The molecule has 0 atom stereocenters. The third-order valence-electron chi connectivity index (χ3n) is 2.70. The van der Waals surface area contributed by atoms with E-state index in [0.29, 0.717) is 0 Å². The van der Waals surface area contributed by atoms with Crippen LogP contribution in [0.1, 0.15) is 20.8 Å². The molecule has 1 saturated heterocycles. The van der Waals surface area contributed by atoms with Crippen molar-refractivity contribution in [3.05, 3.63) is 0 Å². The number of halogens is 3. The number of rotatable bonds is 2. The normalized spacial score (nSPS) is 20.8. The van der Waals surface area contributed by atoms with Gasteiger partial charge in [0.25, 0.3) is 0 Å². The number of likely N-dealkylation sites (tertiary alicyclic amines) is 1. The molecule has 0 bridgehead atoms. The van der Waals surface area contributed by atoms with Crippen LogP contribution < -0.4 is 0 Å². The minimum Gasteiger partial charge on any atom is -0.303 e. The van der Waals surface area contributed by atoms with Crippen LogP contribution in [0.25, 0.3) is 0 Å². The average molecular weight is 224 g/mol. The summed E-state index contributed by atoms with van der Waals surface area (Å²) in [6, 6.07) is 0.0385. The van der Waals surface area contributed by atoms with Crippen LogP contribution in [0.3, 0.4) is 0 Å². The third-order valence-corrected chi connectivity index (χ3v) is 2.70. The zero-order valence-electron chi connectivity index (χ0n) is 9.73. The van der Waals surface area contributed by atoms with Gasteiger partial charge in [0.15, 0.2) is 0 Å². The fourth-order valence-electron chi connectivity index (χ4n) is 1.97. The Morgan fingerprint density at radius 1 is 1.20 bits per heavy atom. The lowest BCUT2D eigenvalue weighted by molar-refractivity contribution is -0.171. The molecule has 0 spiro atoms. The number of likely N-dealkylation sites (N-methyl/N-ethyl adjacent to an activating group) is 1. The van der Waals surface area contributed by atoms with Crippen LogP contribution in [0.15, 0.2) is 0 Å². The second kappa shape index (κ2) is 3.94. The van der Waals surface area contributed by atoms with Crippen molar-refractivity contribution in [2.45, 2.75) is 38.5 Å². The van der Waals surface area contributed by atoms with Gasteiger partial charge >= 0.3 is 6.18 Å². The van der Waals surface area contributed by atoms with Gasteiger partial charge in [-0.05, 0) is 27.8 Å². The van der Waals surface area contributed by atoms with Gasteiger partial charge in [0, 0.05) is 24.7 Å². The molecule has 0 aliphatic carbocycles. The van der Waals surface area contributed by atoms with E-state index in [4.69, 9.17) is 0 Å². The number of hydrogen-bond acceptors (Lipinski definition) is 2. The maximum Gasteiger partial charge on any atom is 0.401 e. The first-order valence-corrected chi connectivity index (χ1v) is 5.11. The fraction of sp³-hybridized carbons (Fsp3) is 1.00. The van der Waals surface area contributed by atoms with E-state index in [9.17, 15) is 13.2 Å². The molecule has 0 aromatic heterocycles. The second-order valence-electron chi connectivity index (χ2n) is 5.29. The number of nitrogens with zero attached hydrogens (tertiary/aromatic N) is 2. The highest BCUT2D eigenvalue weighted by Crippen LogP contribution is 2.27. The Kier molecular flexibility index (Phi) is 3.36. The predicted octanol–water partition coefficient (Wildman–Crippen LogP) is 1.96. The lowest BCUT2D eigenvalue weighted by atomic mass is 9.98. The summed E-state index contributed by atoms with van der Waals surface area (Å²) in [6.45, 7) is 6.14. The summed E-state index contributed by atoms with van der Waals surface area (Å²) in [4.78, 5) is 3.58. The van der Waals surface area contributed by atoms with Gasteiger partial charge in [-0.2, -0.15) is 13.2 Å². The van der Waals surface area contributed by atoms with E-state index in [1.54, 1.807) is 4.90 Å². The van der Waals surface area contributed by atoms with Crippen molar-refractivity contribution in [2.24, 2.45) is 0 Å². The van der Waals surface area contributed by atoms with Crippen molar-refractivity contribution in [2.75, 3.05) is 26.7 Å². The summed E-state index contributed by atoms with van der Waals surface area (Å²) >= 11 is 0. The van der Waals surface area contributed by atoms with Crippen LogP contribution in [-0.4, -0.2) is 54.2 Å². The van der Waals surface area contributed by atoms with E-state index in [2.05, 4.69) is 0 Å². The summed E-state index contributed by atoms with van der Waals surface area (Å²) in [5, 5.41) is 0. The largest absolute Gasteiger partial charge is 0.401 e. The van der Waals surface area contributed by atoms with Gasteiger partial charge < -0.3 is 4.90 Å². The minimum absolute atomic E-state index is 0.0385. The van der Waals surface area contributed by atoms with E-state index in [0.717, 1.165) is 13.1 Å². The smallest absolute Gasteiger partial charge is 0.303 e. The van der Waals surface area contributed by atoms with Crippen LogP contribution in [0.2, 0.25) is 0 Å². The Hall–Kier alpha value is -0.290. The Bertz CT molecular complexity index is 214. The zero-order chi connectivity index (χ0) is 11.9. The van der Waals surface area contributed by atoms with Gasteiger partial charge in [-0.3, -0.25) is 4.90 Å². The van der Waals surface area contributed by atoms with Gasteiger partial charge in [-0.15, -0.1) is 0 Å². The van der Waals surface area contributed by atoms with Crippen LogP contribution >= 0.6 is 0 Å². The van der Waals surface area contributed by atoms with E-state index in [1.165, 1.54) is 0 Å². The number of hydrogen-bond donors (Lipinski definition) is 0. The fourth-order valence-corrected chi connectivity index (χ4v) is 1.97. The summed E-state index contributed by atoms with van der Waals surface area (Å²) < 4.78 is 37.2. The van der Waals surface area contributed by atoms with Gasteiger partial charge in [0.2, 0.25) is 0 Å². The molecule has 2 nitrogen and oxygen atoms in total. The highest BCUT2D eigenvalue weighted by molar-refractivity contribution is 4.92. The molecular weight excluding hydrogens is 205 g/mol. The predicted molar refractivity (Wildman–Crippen MR) is 53.8 cm³/mol. The Morgan fingerprint density at radius 2 is 1.67 bits per heavy atom. The van der Waals surface area contributed by atoms with Crippen molar-refractivity contribution >= 4 is 0 Å². The van der Waals surface area contributed by atoms with Crippen molar-refractivity contribution < 1.29 is 13.2 Å². The molecule has 1 aliphatic rings. The van der Waals surface area contributed by atoms with Gasteiger partial charge in [0.05, 0.1) is 6.54 Å². The Labute approximate surface area is 89.0 Å². The molecule has 0 N–H and O–H groups in total. The van der Waals surface area contributed by atoms with Gasteiger partial charge in [0.1, 0.15) is 0 Å². The molecule has 0 saturated carbocycles. The summed E-state index contributed by atoms with van der Waals surface area (Å²) in [6.07, 6.45) is -4.11. The van der Waals surface area contributed by atoms with E-state index < -0.39 is 18.3 Å². The summed E-state index contributed by atoms with van der Waals surface area (Å²) in [7, 11) is 1.92. The van der Waals surface area contributed by atoms with Crippen LogP contribution in [0, 0.1) is 0 Å². The molecular formula is C10H19F3N2. The molecule has 15 heavy (non-hydrogen) atoms. The molecule has 0 radical (unpaired) electrons. The van der Waals surface area contributed by atoms with Gasteiger partial charge in [-0.25, -0.2) is 0 Å². The first kappa shape index (κ1) is 12.8. The average Bonchev–Trinajstić information content (AvgIpc) is 1.90. The molecule has 5 heteroatoms. The van der Waals surface area contributed by atoms with Crippen LogP contribution in [0.4, 0.5) is 13.2 Å².